The van der Waals surface area contributed by atoms with E-state index < -0.39 is 0 Å². The minimum atomic E-state index is 0.564. The first-order valence-electron chi connectivity index (χ1n) is 6.30. The fourth-order valence-electron chi connectivity index (χ4n) is 2.52. The van der Waals surface area contributed by atoms with Gasteiger partial charge in [0.2, 0.25) is 0 Å². The maximum absolute atomic E-state index is 5.83. The van der Waals surface area contributed by atoms with Gasteiger partial charge in [-0.3, -0.25) is 9.58 Å². The number of aryl methyl sites for hydroxylation is 1. The van der Waals surface area contributed by atoms with Crippen LogP contribution < -0.4 is 5.73 Å². The molecule has 1 aliphatic heterocycles. The summed E-state index contributed by atoms with van der Waals surface area (Å²) < 4.78 is 2.07. The topological polar surface area (TPSA) is 47.1 Å². The summed E-state index contributed by atoms with van der Waals surface area (Å²) in [5.74, 6) is 0. The molecule has 2 heterocycles. The predicted octanol–water partition coefficient (Wildman–Crippen LogP) is 1.22. The van der Waals surface area contributed by atoms with Gasteiger partial charge >= 0.3 is 0 Å². The van der Waals surface area contributed by atoms with Crippen molar-refractivity contribution in [3.63, 3.8) is 0 Å². The highest BCUT2D eigenvalue weighted by atomic mass is 15.3. The van der Waals surface area contributed by atoms with Crippen LogP contribution in [0.25, 0.3) is 0 Å². The van der Waals surface area contributed by atoms with E-state index in [0.29, 0.717) is 6.04 Å². The molecule has 2 N–H and O–H groups in total. The molecule has 4 heteroatoms. The van der Waals surface area contributed by atoms with Crippen LogP contribution in [-0.2, 0) is 13.1 Å². The molecule has 1 aromatic rings. The van der Waals surface area contributed by atoms with Crippen LogP contribution in [-0.4, -0.2) is 33.8 Å². The standard InChI is InChI=1S/C12H22N4/c1-2-16-12(6-7-14-16)10-15-8-4-3-5-11(15)9-13/h6-7,11H,2-5,8-10,13H2,1H3. The van der Waals surface area contributed by atoms with Gasteiger partial charge in [-0.2, -0.15) is 5.10 Å². The van der Waals surface area contributed by atoms with Crippen molar-refractivity contribution in [1.82, 2.24) is 14.7 Å². The van der Waals surface area contributed by atoms with Crippen LogP contribution in [0.2, 0.25) is 0 Å². The van der Waals surface area contributed by atoms with Gasteiger partial charge in [0, 0.05) is 31.9 Å². The van der Waals surface area contributed by atoms with E-state index in [2.05, 4.69) is 27.7 Å². The molecular formula is C12H22N4. The predicted molar refractivity (Wildman–Crippen MR) is 65.0 cm³/mol. The van der Waals surface area contributed by atoms with Gasteiger partial charge in [-0.15, -0.1) is 0 Å². The number of nitrogens with two attached hydrogens (primary N) is 1. The summed E-state index contributed by atoms with van der Waals surface area (Å²) in [7, 11) is 0. The number of hydrogen-bond donors (Lipinski definition) is 1. The molecule has 16 heavy (non-hydrogen) atoms. The summed E-state index contributed by atoms with van der Waals surface area (Å²) in [6.45, 7) is 6.03. The van der Waals surface area contributed by atoms with Crippen LogP contribution in [0.1, 0.15) is 31.9 Å². The second-order valence-electron chi connectivity index (χ2n) is 4.49. The summed E-state index contributed by atoms with van der Waals surface area (Å²) in [6.07, 6.45) is 5.76. The molecule has 0 spiro atoms. The van der Waals surface area contributed by atoms with E-state index in [0.717, 1.165) is 19.6 Å². The highest BCUT2D eigenvalue weighted by molar-refractivity contribution is 5.01. The van der Waals surface area contributed by atoms with E-state index in [1.807, 2.05) is 6.20 Å². The Morgan fingerprint density at radius 1 is 1.50 bits per heavy atom. The maximum atomic E-state index is 5.83. The number of likely N-dealkylation sites (tertiary alicyclic amines) is 1. The number of rotatable bonds is 4. The number of hydrogen-bond acceptors (Lipinski definition) is 3. The van der Waals surface area contributed by atoms with Gasteiger partial charge in [0.05, 0.1) is 5.69 Å². The number of piperidine rings is 1. The molecule has 1 aromatic heterocycles. The second kappa shape index (κ2) is 5.46. The molecule has 1 saturated heterocycles. The molecule has 2 rings (SSSR count). The summed E-state index contributed by atoms with van der Waals surface area (Å²) in [6, 6.07) is 2.68. The van der Waals surface area contributed by atoms with Gasteiger partial charge in [0.25, 0.3) is 0 Å². The lowest BCUT2D eigenvalue weighted by molar-refractivity contribution is 0.141. The zero-order valence-corrected chi connectivity index (χ0v) is 10.1. The summed E-state index contributed by atoms with van der Waals surface area (Å²) >= 11 is 0. The van der Waals surface area contributed by atoms with E-state index in [4.69, 9.17) is 5.73 Å². The molecule has 0 bridgehead atoms. The monoisotopic (exact) mass is 222 g/mol. The highest BCUT2D eigenvalue weighted by Gasteiger charge is 2.21. The van der Waals surface area contributed by atoms with Gasteiger partial charge < -0.3 is 5.73 Å². The van der Waals surface area contributed by atoms with Crippen molar-refractivity contribution in [2.24, 2.45) is 5.73 Å². The van der Waals surface area contributed by atoms with Crippen LogP contribution in [0.5, 0.6) is 0 Å². The van der Waals surface area contributed by atoms with Crippen molar-refractivity contribution in [2.75, 3.05) is 13.1 Å². The van der Waals surface area contributed by atoms with Gasteiger partial charge in [-0.25, -0.2) is 0 Å². The Labute approximate surface area is 97.4 Å². The average molecular weight is 222 g/mol. The molecule has 1 aliphatic rings. The number of aromatic nitrogens is 2. The average Bonchev–Trinajstić information content (AvgIpc) is 2.77. The first-order valence-corrected chi connectivity index (χ1v) is 6.30. The van der Waals surface area contributed by atoms with E-state index in [-0.39, 0.29) is 0 Å². The normalized spacial score (nSPS) is 22.5. The van der Waals surface area contributed by atoms with E-state index in [1.165, 1.54) is 31.5 Å². The Morgan fingerprint density at radius 2 is 2.38 bits per heavy atom. The second-order valence-corrected chi connectivity index (χ2v) is 4.49. The Hall–Kier alpha value is -0.870. The molecule has 1 fully saturated rings. The first-order chi connectivity index (χ1) is 7.85. The maximum Gasteiger partial charge on any atom is 0.0524 e. The van der Waals surface area contributed by atoms with E-state index >= 15 is 0 Å². The van der Waals surface area contributed by atoms with Crippen LogP contribution in [0.3, 0.4) is 0 Å². The molecule has 4 nitrogen and oxygen atoms in total. The van der Waals surface area contributed by atoms with Crippen LogP contribution in [0.4, 0.5) is 0 Å². The Kier molecular flexibility index (Phi) is 3.96. The molecule has 0 aromatic carbocycles. The lowest BCUT2D eigenvalue weighted by atomic mass is 10.0. The van der Waals surface area contributed by atoms with Crippen molar-refractivity contribution < 1.29 is 0 Å². The van der Waals surface area contributed by atoms with Crippen molar-refractivity contribution in [1.29, 1.82) is 0 Å². The minimum Gasteiger partial charge on any atom is -0.329 e. The molecule has 0 amide bonds. The molecule has 1 atom stereocenters. The zero-order valence-electron chi connectivity index (χ0n) is 10.1. The fraction of sp³-hybridized carbons (Fsp3) is 0.750. The van der Waals surface area contributed by atoms with Gasteiger partial charge in [0.1, 0.15) is 0 Å². The fourth-order valence-corrected chi connectivity index (χ4v) is 2.52. The van der Waals surface area contributed by atoms with E-state index in [1.54, 1.807) is 0 Å². The smallest absolute Gasteiger partial charge is 0.0524 e. The third kappa shape index (κ3) is 2.44. The van der Waals surface area contributed by atoms with Crippen LogP contribution in [0, 0.1) is 0 Å². The van der Waals surface area contributed by atoms with Crippen molar-refractivity contribution in [3.8, 4) is 0 Å². The Morgan fingerprint density at radius 3 is 3.12 bits per heavy atom. The van der Waals surface area contributed by atoms with Crippen molar-refractivity contribution >= 4 is 0 Å². The Balaban J connectivity index is 2.02. The highest BCUT2D eigenvalue weighted by Crippen LogP contribution is 2.18. The lowest BCUT2D eigenvalue weighted by Gasteiger charge is -2.34. The number of nitrogens with zero attached hydrogens (tertiary/aromatic N) is 3. The van der Waals surface area contributed by atoms with Crippen molar-refractivity contribution in [2.45, 2.75) is 45.3 Å². The lowest BCUT2D eigenvalue weighted by Crippen LogP contribution is -2.43. The van der Waals surface area contributed by atoms with E-state index in [9.17, 15) is 0 Å². The van der Waals surface area contributed by atoms with Crippen LogP contribution in [0.15, 0.2) is 12.3 Å². The van der Waals surface area contributed by atoms with Gasteiger partial charge in [0.15, 0.2) is 0 Å². The summed E-state index contributed by atoms with van der Waals surface area (Å²) in [5, 5.41) is 4.31. The SMILES string of the molecule is CCn1nccc1CN1CCCCC1CN. The molecule has 0 saturated carbocycles. The third-order valence-corrected chi connectivity index (χ3v) is 3.49. The molecule has 0 radical (unpaired) electrons. The molecule has 90 valence electrons. The summed E-state index contributed by atoms with van der Waals surface area (Å²) in [4.78, 5) is 2.51. The molecule has 0 aliphatic carbocycles. The minimum absolute atomic E-state index is 0.564. The zero-order chi connectivity index (χ0) is 11.4. The van der Waals surface area contributed by atoms with Gasteiger partial charge in [-0.1, -0.05) is 6.42 Å². The first kappa shape index (κ1) is 11.6. The third-order valence-electron chi connectivity index (χ3n) is 3.49. The largest absolute Gasteiger partial charge is 0.329 e. The Bertz CT molecular complexity index is 321. The quantitative estimate of drug-likeness (QED) is 0.833. The van der Waals surface area contributed by atoms with Crippen molar-refractivity contribution in [3.05, 3.63) is 18.0 Å². The van der Waals surface area contributed by atoms with Gasteiger partial charge in [-0.05, 0) is 32.4 Å². The summed E-state index contributed by atoms with van der Waals surface area (Å²) in [5.41, 5.74) is 7.14. The molecular weight excluding hydrogens is 200 g/mol. The van der Waals surface area contributed by atoms with Crippen LogP contribution >= 0.6 is 0 Å². The molecule has 1 unspecified atom stereocenters.